The molecule has 0 aliphatic carbocycles. The number of carboxylic acid groups (broad SMARTS) is 1. The first-order valence-electron chi connectivity index (χ1n) is 5.17. The van der Waals surface area contributed by atoms with Gasteiger partial charge >= 0.3 is 0 Å². The molecular formula is C11H8NO5S2-. The molecule has 0 unspecified atom stereocenters. The number of amides is 1. The van der Waals surface area contributed by atoms with Gasteiger partial charge in [-0.2, -0.15) is 0 Å². The molecule has 1 atom stereocenters. The fraction of sp³-hybridized carbons (Fsp3) is 0.182. The van der Waals surface area contributed by atoms with Crippen LogP contribution >= 0.6 is 24.0 Å². The zero-order valence-corrected chi connectivity index (χ0v) is 11.1. The zero-order valence-electron chi connectivity index (χ0n) is 9.44. The van der Waals surface area contributed by atoms with Crippen molar-refractivity contribution in [3.63, 3.8) is 0 Å². The molecule has 1 saturated heterocycles. The molecule has 1 aromatic rings. The van der Waals surface area contributed by atoms with E-state index in [-0.39, 0.29) is 9.23 Å². The average molecular weight is 298 g/mol. The van der Waals surface area contributed by atoms with Gasteiger partial charge in [-0.05, 0) is 12.1 Å². The van der Waals surface area contributed by atoms with Crippen LogP contribution in [0.5, 0.6) is 0 Å². The molecule has 2 rings (SSSR count). The summed E-state index contributed by atoms with van der Waals surface area (Å²) in [6.45, 7) is -0.761. The third kappa shape index (κ3) is 2.70. The van der Waals surface area contributed by atoms with Gasteiger partial charge in [0.25, 0.3) is 5.91 Å². The molecule has 1 aliphatic heterocycles. The maximum atomic E-state index is 12.1. The summed E-state index contributed by atoms with van der Waals surface area (Å²) in [7, 11) is 0. The lowest BCUT2D eigenvalue weighted by Crippen LogP contribution is -2.51. The van der Waals surface area contributed by atoms with Crippen molar-refractivity contribution in [3.8, 4) is 0 Å². The molecule has 0 spiro atoms. The standard InChI is InChI=1S/C11H9NO5S2/c13-5-7(10(15)16)12-9(14)8(19-11(12)18)4-6-2-1-3-17-6/h1-4,7,13H,5H2,(H,15,16)/p-1/b8-4+/t7-/m1/s1. The lowest BCUT2D eigenvalue weighted by atomic mass is 10.2. The van der Waals surface area contributed by atoms with E-state index < -0.39 is 24.5 Å². The molecule has 6 nitrogen and oxygen atoms in total. The molecule has 0 bridgehead atoms. The smallest absolute Gasteiger partial charge is 0.267 e. The highest BCUT2D eigenvalue weighted by molar-refractivity contribution is 8.26. The van der Waals surface area contributed by atoms with Crippen LogP contribution in [0.2, 0.25) is 0 Å². The molecule has 8 heteroatoms. The van der Waals surface area contributed by atoms with Gasteiger partial charge in [0, 0.05) is 6.08 Å². The predicted molar refractivity (Wildman–Crippen MR) is 69.6 cm³/mol. The largest absolute Gasteiger partial charge is 0.548 e. The summed E-state index contributed by atoms with van der Waals surface area (Å²) in [6.07, 6.45) is 2.91. The zero-order chi connectivity index (χ0) is 14.0. The molecule has 1 N–H and O–H groups in total. The van der Waals surface area contributed by atoms with Crippen LogP contribution < -0.4 is 5.11 Å². The van der Waals surface area contributed by atoms with Crippen LogP contribution in [0.3, 0.4) is 0 Å². The number of aliphatic hydroxyl groups excluding tert-OH is 1. The maximum absolute atomic E-state index is 12.1. The van der Waals surface area contributed by atoms with Crippen molar-refractivity contribution in [1.29, 1.82) is 0 Å². The normalized spacial score (nSPS) is 19.2. The molecule has 0 aromatic carbocycles. The van der Waals surface area contributed by atoms with Gasteiger partial charge in [-0.3, -0.25) is 9.69 Å². The maximum Gasteiger partial charge on any atom is 0.267 e. The Morgan fingerprint density at radius 3 is 2.95 bits per heavy atom. The number of carbonyl (C=O) groups is 2. The van der Waals surface area contributed by atoms with E-state index in [4.69, 9.17) is 21.7 Å². The summed E-state index contributed by atoms with van der Waals surface area (Å²) in [5, 5.41) is 19.9. The molecule has 1 aliphatic rings. The highest BCUT2D eigenvalue weighted by Crippen LogP contribution is 2.33. The highest BCUT2D eigenvalue weighted by atomic mass is 32.2. The van der Waals surface area contributed by atoms with Crippen molar-refractivity contribution in [2.75, 3.05) is 6.61 Å². The Morgan fingerprint density at radius 1 is 1.68 bits per heavy atom. The van der Waals surface area contributed by atoms with E-state index in [2.05, 4.69) is 0 Å². The van der Waals surface area contributed by atoms with E-state index in [1.807, 2.05) is 0 Å². The van der Waals surface area contributed by atoms with Gasteiger partial charge in [0.2, 0.25) is 0 Å². The van der Waals surface area contributed by atoms with Crippen molar-refractivity contribution in [3.05, 3.63) is 29.1 Å². The molecular weight excluding hydrogens is 290 g/mol. The van der Waals surface area contributed by atoms with Crippen LogP contribution in [0.15, 0.2) is 27.7 Å². The second kappa shape index (κ2) is 5.55. The Labute approximate surface area is 117 Å². The number of aliphatic hydroxyl groups is 1. The minimum atomic E-state index is -1.56. The van der Waals surface area contributed by atoms with Crippen LogP contribution in [0.25, 0.3) is 6.08 Å². The van der Waals surface area contributed by atoms with Crippen molar-refractivity contribution >= 4 is 46.3 Å². The first-order chi connectivity index (χ1) is 9.04. The first kappa shape index (κ1) is 13.8. The van der Waals surface area contributed by atoms with Crippen molar-refractivity contribution in [2.24, 2.45) is 0 Å². The Kier molecular flexibility index (Phi) is 4.03. The Balaban J connectivity index is 2.28. The van der Waals surface area contributed by atoms with Gasteiger partial charge in [0.15, 0.2) is 0 Å². The minimum Gasteiger partial charge on any atom is -0.548 e. The summed E-state index contributed by atoms with van der Waals surface area (Å²) >= 11 is 5.89. The monoisotopic (exact) mass is 298 g/mol. The third-order valence-corrected chi connectivity index (χ3v) is 3.73. The van der Waals surface area contributed by atoms with Crippen molar-refractivity contribution < 1.29 is 24.2 Å². The number of carboxylic acids is 1. The minimum absolute atomic E-state index is 0.0612. The first-order valence-corrected chi connectivity index (χ1v) is 6.39. The van der Waals surface area contributed by atoms with Gasteiger partial charge in [-0.15, -0.1) is 0 Å². The van der Waals surface area contributed by atoms with E-state index in [0.717, 1.165) is 16.7 Å². The molecule has 19 heavy (non-hydrogen) atoms. The molecule has 1 amide bonds. The number of rotatable bonds is 4. The lowest BCUT2D eigenvalue weighted by molar-refractivity contribution is -0.311. The summed E-state index contributed by atoms with van der Waals surface area (Å²) in [4.78, 5) is 24.0. The molecule has 100 valence electrons. The van der Waals surface area contributed by atoms with E-state index in [1.54, 1.807) is 12.1 Å². The third-order valence-electron chi connectivity index (χ3n) is 2.40. The van der Waals surface area contributed by atoms with Crippen LogP contribution in [-0.4, -0.2) is 38.9 Å². The molecule has 0 radical (unpaired) electrons. The quantitative estimate of drug-likeness (QED) is 0.596. The van der Waals surface area contributed by atoms with Gasteiger partial charge in [-0.25, -0.2) is 0 Å². The molecule has 2 heterocycles. The summed E-state index contributed by atoms with van der Waals surface area (Å²) in [6, 6.07) is 1.83. The number of thiocarbonyl (C=S) groups is 1. The van der Waals surface area contributed by atoms with Crippen molar-refractivity contribution in [1.82, 2.24) is 4.90 Å². The number of thioether (sulfide) groups is 1. The second-order valence-corrected chi connectivity index (χ2v) is 5.26. The second-order valence-electron chi connectivity index (χ2n) is 3.58. The number of hydrogen-bond acceptors (Lipinski definition) is 7. The Morgan fingerprint density at radius 2 is 2.42 bits per heavy atom. The summed E-state index contributed by atoms with van der Waals surface area (Å²) < 4.78 is 5.13. The number of carbonyl (C=O) groups excluding carboxylic acids is 2. The SMILES string of the molecule is O=C([O-])[C@@H](CO)N1C(=O)/C(=C\c2ccco2)SC1=S. The van der Waals surface area contributed by atoms with Crippen LogP contribution in [0.1, 0.15) is 5.76 Å². The summed E-state index contributed by atoms with van der Waals surface area (Å²) in [5.41, 5.74) is 0. The number of furan rings is 1. The highest BCUT2D eigenvalue weighted by Gasteiger charge is 2.37. The number of aliphatic carboxylic acids is 1. The fourth-order valence-electron chi connectivity index (χ4n) is 1.51. The lowest BCUT2D eigenvalue weighted by Gasteiger charge is -2.25. The van der Waals surface area contributed by atoms with Gasteiger partial charge < -0.3 is 19.4 Å². The predicted octanol–water partition coefficient (Wildman–Crippen LogP) is -0.408. The molecule has 1 fully saturated rings. The fourth-order valence-corrected chi connectivity index (χ4v) is 2.85. The Hall–Kier alpha value is -1.64. The van der Waals surface area contributed by atoms with Crippen LogP contribution in [0, 0.1) is 0 Å². The van der Waals surface area contributed by atoms with Crippen LogP contribution in [0.4, 0.5) is 0 Å². The van der Waals surface area contributed by atoms with Crippen LogP contribution in [-0.2, 0) is 9.59 Å². The van der Waals surface area contributed by atoms with Crippen molar-refractivity contribution in [2.45, 2.75) is 6.04 Å². The topological polar surface area (TPSA) is 93.8 Å². The Bertz CT molecular complexity index is 551. The van der Waals surface area contributed by atoms with E-state index >= 15 is 0 Å². The van der Waals surface area contributed by atoms with Gasteiger partial charge in [-0.1, -0.05) is 24.0 Å². The molecule has 1 aromatic heterocycles. The van der Waals surface area contributed by atoms with Gasteiger partial charge in [0.1, 0.15) is 16.1 Å². The van der Waals surface area contributed by atoms with Gasteiger partial charge in [0.05, 0.1) is 23.7 Å². The van der Waals surface area contributed by atoms with E-state index in [0.29, 0.717) is 5.76 Å². The summed E-state index contributed by atoms with van der Waals surface area (Å²) in [5.74, 6) is -1.69. The van der Waals surface area contributed by atoms with E-state index in [9.17, 15) is 14.7 Å². The number of hydrogen-bond donors (Lipinski definition) is 1. The average Bonchev–Trinajstić information content (AvgIpc) is 2.94. The number of nitrogens with zero attached hydrogens (tertiary/aromatic N) is 1. The molecule has 0 saturated carbocycles. The van der Waals surface area contributed by atoms with E-state index in [1.165, 1.54) is 12.3 Å².